The highest BCUT2D eigenvalue weighted by molar-refractivity contribution is 7.89. The zero-order valence-corrected chi connectivity index (χ0v) is 15.5. The predicted molar refractivity (Wildman–Crippen MR) is 96.2 cm³/mol. The van der Waals surface area contributed by atoms with Crippen molar-refractivity contribution in [1.29, 1.82) is 0 Å². The van der Waals surface area contributed by atoms with E-state index < -0.39 is 22.0 Å². The summed E-state index contributed by atoms with van der Waals surface area (Å²) in [7, 11) is -2.01. The number of likely N-dealkylation sites (N-methyl/N-ethyl adjacent to an activating group) is 1. The van der Waals surface area contributed by atoms with Crippen LogP contribution in [0.1, 0.15) is 29.6 Å². The van der Waals surface area contributed by atoms with Gasteiger partial charge in [-0.05, 0) is 50.6 Å². The van der Waals surface area contributed by atoms with Gasteiger partial charge < -0.3 is 15.5 Å². The van der Waals surface area contributed by atoms with Gasteiger partial charge in [0.05, 0.1) is 4.90 Å². The number of rotatable bonds is 5. The Morgan fingerprint density at radius 1 is 1.23 bits per heavy atom. The molecule has 2 saturated heterocycles. The van der Waals surface area contributed by atoms with Crippen molar-refractivity contribution in [2.45, 2.75) is 36.2 Å². The number of benzene rings is 1. The van der Waals surface area contributed by atoms with Crippen LogP contribution in [-0.4, -0.2) is 63.9 Å². The van der Waals surface area contributed by atoms with Crippen LogP contribution >= 0.6 is 0 Å². The fourth-order valence-corrected chi connectivity index (χ4v) is 4.58. The summed E-state index contributed by atoms with van der Waals surface area (Å²) in [5.41, 5.74) is 0.223. The standard InChI is InChI=1S/C17H24N4O4S/c1-21-10-7-15(17(21)23)19-16(22)12-3-2-4-14(11-12)26(24,25)20-13-5-8-18-9-6-13/h2-4,11,13,15,18,20H,5-10H2,1H3,(H,19,22). The predicted octanol–water partition coefficient (Wildman–Crippen LogP) is -0.323. The minimum absolute atomic E-state index is 0.0542. The molecule has 3 N–H and O–H groups in total. The quantitative estimate of drug-likeness (QED) is 0.649. The smallest absolute Gasteiger partial charge is 0.251 e. The Morgan fingerprint density at radius 3 is 2.62 bits per heavy atom. The summed E-state index contributed by atoms with van der Waals surface area (Å²) < 4.78 is 27.9. The summed E-state index contributed by atoms with van der Waals surface area (Å²) in [6.45, 7) is 2.15. The molecule has 1 aromatic rings. The number of carbonyl (C=O) groups is 2. The molecule has 2 amide bonds. The van der Waals surface area contributed by atoms with Crippen LogP contribution in [0.25, 0.3) is 0 Å². The molecule has 1 aromatic carbocycles. The van der Waals surface area contributed by atoms with Gasteiger partial charge in [-0.15, -0.1) is 0 Å². The molecule has 8 nitrogen and oxygen atoms in total. The van der Waals surface area contributed by atoms with Crippen LogP contribution in [0.15, 0.2) is 29.2 Å². The summed E-state index contributed by atoms with van der Waals surface area (Å²) in [5, 5.41) is 5.87. The van der Waals surface area contributed by atoms with Crippen LogP contribution < -0.4 is 15.4 Å². The van der Waals surface area contributed by atoms with Crippen LogP contribution in [0.4, 0.5) is 0 Å². The lowest BCUT2D eigenvalue weighted by Crippen LogP contribution is -2.42. The number of hydrogen-bond acceptors (Lipinski definition) is 5. The molecule has 3 rings (SSSR count). The monoisotopic (exact) mass is 380 g/mol. The molecule has 0 spiro atoms. The molecule has 2 aliphatic heterocycles. The Kier molecular flexibility index (Phi) is 5.59. The van der Waals surface area contributed by atoms with Crippen molar-refractivity contribution in [2.75, 3.05) is 26.7 Å². The first-order chi connectivity index (χ1) is 12.4. The van der Waals surface area contributed by atoms with Crippen molar-refractivity contribution in [1.82, 2.24) is 20.3 Å². The third-order valence-electron chi connectivity index (χ3n) is 4.80. The lowest BCUT2D eigenvalue weighted by atomic mass is 10.1. The molecular weight excluding hydrogens is 356 g/mol. The van der Waals surface area contributed by atoms with E-state index >= 15 is 0 Å². The lowest BCUT2D eigenvalue weighted by molar-refractivity contribution is -0.128. The molecular formula is C17H24N4O4S. The SMILES string of the molecule is CN1CCC(NC(=O)c2cccc(S(=O)(=O)NC3CCNCC3)c2)C1=O. The average molecular weight is 380 g/mol. The molecule has 2 fully saturated rings. The number of sulfonamides is 1. The zero-order chi connectivity index (χ0) is 18.7. The van der Waals surface area contributed by atoms with Gasteiger partial charge in [0.15, 0.2) is 0 Å². The van der Waals surface area contributed by atoms with Crippen LogP contribution in [-0.2, 0) is 14.8 Å². The molecule has 0 saturated carbocycles. The van der Waals surface area contributed by atoms with Gasteiger partial charge in [0, 0.05) is 25.2 Å². The molecule has 0 aliphatic carbocycles. The molecule has 142 valence electrons. The molecule has 0 radical (unpaired) electrons. The Hall–Kier alpha value is -1.97. The number of hydrogen-bond donors (Lipinski definition) is 3. The second-order valence-corrected chi connectivity index (χ2v) is 8.46. The molecule has 2 aliphatic rings. The molecule has 0 aromatic heterocycles. The Labute approximate surface area is 153 Å². The Balaban J connectivity index is 1.70. The summed E-state index contributed by atoms with van der Waals surface area (Å²) >= 11 is 0. The third kappa shape index (κ3) is 4.22. The molecule has 26 heavy (non-hydrogen) atoms. The van der Waals surface area contributed by atoms with Gasteiger partial charge in [0.1, 0.15) is 6.04 Å². The van der Waals surface area contributed by atoms with Crippen LogP contribution in [0.2, 0.25) is 0 Å². The van der Waals surface area contributed by atoms with Crippen molar-refractivity contribution in [3.63, 3.8) is 0 Å². The number of likely N-dealkylation sites (tertiary alicyclic amines) is 1. The van der Waals surface area contributed by atoms with E-state index in [2.05, 4.69) is 15.4 Å². The summed E-state index contributed by atoms with van der Waals surface area (Å²) in [5.74, 6) is -0.577. The van der Waals surface area contributed by atoms with E-state index in [1.807, 2.05) is 0 Å². The number of piperidine rings is 1. The first-order valence-corrected chi connectivity index (χ1v) is 10.2. The normalized spacial score (nSPS) is 21.8. The van der Waals surface area contributed by atoms with Crippen molar-refractivity contribution in [2.24, 2.45) is 0 Å². The van der Waals surface area contributed by atoms with Crippen LogP contribution in [0.3, 0.4) is 0 Å². The van der Waals surface area contributed by atoms with Crippen LogP contribution in [0, 0.1) is 0 Å². The van der Waals surface area contributed by atoms with Crippen molar-refractivity contribution >= 4 is 21.8 Å². The van der Waals surface area contributed by atoms with Crippen LogP contribution in [0.5, 0.6) is 0 Å². The van der Waals surface area contributed by atoms with E-state index in [9.17, 15) is 18.0 Å². The second-order valence-electron chi connectivity index (χ2n) is 6.75. The van der Waals surface area contributed by atoms with Gasteiger partial charge in [0.25, 0.3) is 5.91 Å². The topological polar surface area (TPSA) is 108 Å². The van der Waals surface area contributed by atoms with Crippen molar-refractivity contribution in [3.05, 3.63) is 29.8 Å². The minimum atomic E-state index is -3.70. The van der Waals surface area contributed by atoms with Gasteiger partial charge in [-0.3, -0.25) is 9.59 Å². The molecule has 1 atom stereocenters. The maximum atomic E-state index is 12.6. The Morgan fingerprint density at radius 2 is 1.96 bits per heavy atom. The van der Waals surface area contributed by atoms with Gasteiger partial charge in [0.2, 0.25) is 15.9 Å². The van der Waals surface area contributed by atoms with Crippen molar-refractivity contribution in [3.8, 4) is 0 Å². The largest absolute Gasteiger partial charge is 0.344 e. The van der Waals surface area contributed by atoms with Crippen molar-refractivity contribution < 1.29 is 18.0 Å². The molecule has 2 heterocycles. The third-order valence-corrected chi connectivity index (χ3v) is 6.32. The van der Waals surface area contributed by atoms with E-state index in [0.717, 1.165) is 25.9 Å². The average Bonchev–Trinajstić information content (AvgIpc) is 2.94. The van der Waals surface area contributed by atoms with E-state index in [1.165, 1.54) is 18.2 Å². The Bertz CT molecular complexity index is 790. The second kappa shape index (κ2) is 7.73. The van der Waals surface area contributed by atoms with Gasteiger partial charge in [-0.25, -0.2) is 13.1 Å². The summed E-state index contributed by atoms with van der Waals surface area (Å²) in [6.07, 6.45) is 2.02. The first kappa shape index (κ1) is 18.8. The maximum Gasteiger partial charge on any atom is 0.251 e. The summed E-state index contributed by atoms with van der Waals surface area (Å²) in [4.78, 5) is 26.0. The van der Waals surface area contributed by atoms with Gasteiger partial charge in [-0.1, -0.05) is 6.07 Å². The van der Waals surface area contributed by atoms with E-state index in [0.29, 0.717) is 13.0 Å². The van der Waals surface area contributed by atoms with E-state index in [1.54, 1.807) is 18.0 Å². The molecule has 1 unspecified atom stereocenters. The molecule has 9 heteroatoms. The number of carbonyl (C=O) groups excluding carboxylic acids is 2. The molecule has 0 bridgehead atoms. The van der Waals surface area contributed by atoms with Gasteiger partial charge in [-0.2, -0.15) is 0 Å². The fourth-order valence-electron chi connectivity index (χ4n) is 3.23. The highest BCUT2D eigenvalue weighted by Gasteiger charge is 2.30. The number of nitrogens with one attached hydrogen (secondary N) is 3. The zero-order valence-electron chi connectivity index (χ0n) is 14.7. The number of nitrogens with zero attached hydrogens (tertiary/aromatic N) is 1. The van der Waals surface area contributed by atoms with E-state index in [-0.39, 0.29) is 22.4 Å². The summed E-state index contributed by atoms with van der Waals surface area (Å²) in [6, 6.07) is 5.23. The highest BCUT2D eigenvalue weighted by atomic mass is 32.2. The highest BCUT2D eigenvalue weighted by Crippen LogP contribution is 2.15. The van der Waals surface area contributed by atoms with E-state index in [4.69, 9.17) is 0 Å². The lowest BCUT2D eigenvalue weighted by Gasteiger charge is -2.23. The van der Waals surface area contributed by atoms with Gasteiger partial charge >= 0.3 is 0 Å². The fraction of sp³-hybridized carbons (Fsp3) is 0.529. The number of amides is 2. The first-order valence-electron chi connectivity index (χ1n) is 8.76. The maximum absolute atomic E-state index is 12.6. The minimum Gasteiger partial charge on any atom is -0.344 e.